The molecule has 8 nitrogen and oxygen atoms in total. The summed E-state index contributed by atoms with van der Waals surface area (Å²) in [5, 5.41) is 3.11. The Morgan fingerprint density at radius 3 is 2.38 bits per heavy atom. The third kappa shape index (κ3) is 5.49. The molecule has 2 amide bonds. The van der Waals surface area contributed by atoms with Gasteiger partial charge >= 0.3 is 0 Å². The molecule has 0 spiro atoms. The summed E-state index contributed by atoms with van der Waals surface area (Å²) >= 11 is 0. The number of hydrogen-bond donors (Lipinski definition) is 3. The molecule has 5 rings (SSSR count). The number of likely N-dealkylation sites (tertiary alicyclic amines) is 1. The number of aryl methyl sites for hydroxylation is 1. The molecule has 1 aliphatic carbocycles. The maximum Gasteiger partial charge on any atom is 0.242 e. The van der Waals surface area contributed by atoms with Crippen LogP contribution < -0.4 is 16.8 Å². The van der Waals surface area contributed by atoms with Crippen molar-refractivity contribution in [2.75, 3.05) is 18.8 Å². The first kappa shape index (κ1) is 24.9. The highest BCUT2D eigenvalue weighted by molar-refractivity contribution is 5.91. The Morgan fingerprint density at radius 2 is 1.70 bits per heavy atom. The molecule has 2 aromatic carbocycles. The maximum atomic E-state index is 13.7. The van der Waals surface area contributed by atoms with Gasteiger partial charge in [0.15, 0.2) is 0 Å². The van der Waals surface area contributed by atoms with E-state index in [9.17, 15) is 9.59 Å². The second-order valence-electron chi connectivity index (χ2n) is 10.1. The Hall–Kier alpha value is -3.78. The minimum Gasteiger partial charge on any atom is -0.368 e. The maximum absolute atomic E-state index is 13.7. The van der Waals surface area contributed by atoms with Crippen molar-refractivity contribution in [3.05, 3.63) is 89.2 Å². The molecule has 1 saturated heterocycles. The van der Waals surface area contributed by atoms with E-state index in [0.717, 1.165) is 48.1 Å². The monoisotopic (exact) mass is 498 g/mol. The van der Waals surface area contributed by atoms with Crippen molar-refractivity contribution in [1.82, 2.24) is 20.2 Å². The van der Waals surface area contributed by atoms with Crippen LogP contribution in [0.3, 0.4) is 0 Å². The highest BCUT2D eigenvalue weighted by Crippen LogP contribution is 2.30. The third-order valence-electron chi connectivity index (χ3n) is 7.64. The van der Waals surface area contributed by atoms with Gasteiger partial charge in [-0.1, -0.05) is 60.7 Å². The number of fused-ring (bicyclic) bond motifs is 1. The highest BCUT2D eigenvalue weighted by Gasteiger charge is 2.39. The van der Waals surface area contributed by atoms with E-state index in [1.165, 1.54) is 0 Å². The van der Waals surface area contributed by atoms with Crippen LogP contribution in [0.2, 0.25) is 0 Å². The van der Waals surface area contributed by atoms with Crippen molar-refractivity contribution < 1.29 is 9.59 Å². The topological polar surface area (TPSA) is 127 Å². The van der Waals surface area contributed by atoms with Crippen LogP contribution >= 0.6 is 0 Å². The largest absolute Gasteiger partial charge is 0.368 e. The van der Waals surface area contributed by atoms with Crippen LogP contribution in [0.25, 0.3) is 0 Å². The predicted molar refractivity (Wildman–Crippen MR) is 142 cm³/mol. The molecule has 3 atom stereocenters. The van der Waals surface area contributed by atoms with E-state index in [-0.39, 0.29) is 17.7 Å². The number of hydrogen-bond acceptors (Lipinski definition) is 6. The molecular formula is C29H34N6O2. The summed E-state index contributed by atoms with van der Waals surface area (Å²) in [5.41, 5.74) is 16.4. The Morgan fingerprint density at radius 1 is 1.03 bits per heavy atom. The fourth-order valence-corrected chi connectivity index (χ4v) is 5.70. The molecule has 0 radical (unpaired) electrons. The van der Waals surface area contributed by atoms with Crippen molar-refractivity contribution in [1.29, 1.82) is 0 Å². The first-order valence-electron chi connectivity index (χ1n) is 13.0. The van der Waals surface area contributed by atoms with Crippen LogP contribution in [0.5, 0.6) is 0 Å². The summed E-state index contributed by atoms with van der Waals surface area (Å²) in [5.74, 6) is 0.0244. The fraction of sp³-hybridized carbons (Fsp3) is 0.379. The van der Waals surface area contributed by atoms with Gasteiger partial charge in [0.05, 0.1) is 6.04 Å². The summed E-state index contributed by atoms with van der Waals surface area (Å²) in [6, 6.07) is 18.4. The first-order valence-corrected chi connectivity index (χ1v) is 13.0. The molecule has 1 aromatic heterocycles. The zero-order chi connectivity index (χ0) is 25.8. The van der Waals surface area contributed by atoms with Crippen molar-refractivity contribution in [2.24, 2.45) is 11.7 Å². The number of nitrogens with two attached hydrogens (primary N) is 2. The summed E-state index contributed by atoms with van der Waals surface area (Å²) in [6.07, 6.45) is 5.79. The van der Waals surface area contributed by atoms with Crippen LogP contribution in [0.15, 0.2) is 66.9 Å². The van der Waals surface area contributed by atoms with E-state index >= 15 is 0 Å². The Labute approximate surface area is 217 Å². The number of nitrogens with zero attached hydrogens (tertiary/aromatic N) is 3. The van der Waals surface area contributed by atoms with Gasteiger partial charge in [-0.15, -0.1) is 0 Å². The molecule has 0 bridgehead atoms. The number of rotatable bonds is 7. The lowest BCUT2D eigenvalue weighted by Crippen LogP contribution is -2.53. The lowest BCUT2D eigenvalue weighted by molar-refractivity contribution is -0.139. The molecule has 5 N–H and O–H groups in total. The second-order valence-corrected chi connectivity index (χ2v) is 10.1. The zero-order valence-corrected chi connectivity index (χ0v) is 20.9. The van der Waals surface area contributed by atoms with Gasteiger partial charge in [0, 0.05) is 30.9 Å². The zero-order valence-electron chi connectivity index (χ0n) is 20.9. The minimum atomic E-state index is -0.791. The summed E-state index contributed by atoms with van der Waals surface area (Å²) in [7, 11) is 0. The number of carbonyl (C=O) groups excluding carboxylic acids is 2. The third-order valence-corrected chi connectivity index (χ3v) is 7.64. The average molecular weight is 499 g/mol. The Balaban J connectivity index is 1.25. The van der Waals surface area contributed by atoms with Gasteiger partial charge in [-0.3, -0.25) is 9.59 Å². The van der Waals surface area contributed by atoms with E-state index in [2.05, 4.69) is 15.3 Å². The van der Waals surface area contributed by atoms with Crippen molar-refractivity contribution in [3.63, 3.8) is 0 Å². The minimum absolute atomic E-state index is 0.103. The summed E-state index contributed by atoms with van der Waals surface area (Å²) < 4.78 is 0. The normalized spacial score (nSPS) is 19.9. The lowest BCUT2D eigenvalue weighted by Gasteiger charge is -2.31. The van der Waals surface area contributed by atoms with Gasteiger partial charge < -0.3 is 21.7 Å². The van der Waals surface area contributed by atoms with Crippen LogP contribution in [-0.4, -0.2) is 51.9 Å². The van der Waals surface area contributed by atoms with Gasteiger partial charge in [-0.05, 0) is 54.7 Å². The number of benzene rings is 2. The van der Waals surface area contributed by atoms with Crippen LogP contribution in [0.1, 0.15) is 47.6 Å². The van der Waals surface area contributed by atoms with Crippen LogP contribution in [0, 0.1) is 5.92 Å². The molecule has 0 saturated carbocycles. The van der Waals surface area contributed by atoms with Crippen molar-refractivity contribution >= 4 is 17.8 Å². The molecule has 2 aliphatic rings. The second kappa shape index (κ2) is 11.1. The molecule has 8 heteroatoms. The first-order chi connectivity index (χ1) is 18.0. The quantitative estimate of drug-likeness (QED) is 0.459. The van der Waals surface area contributed by atoms with Gasteiger partial charge in [0.1, 0.15) is 6.04 Å². The number of nitrogens with one attached hydrogen (secondary N) is 1. The molecule has 3 aromatic rings. The van der Waals surface area contributed by atoms with E-state index in [1.54, 1.807) is 11.1 Å². The van der Waals surface area contributed by atoms with Crippen molar-refractivity contribution in [2.45, 2.75) is 50.1 Å². The molecule has 1 fully saturated rings. The van der Waals surface area contributed by atoms with Gasteiger partial charge in [-0.2, -0.15) is 0 Å². The number of carbonyl (C=O) groups is 2. The smallest absolute Gasteiger partial charge is 0.242 e. The number of aromatic nitrogens is 2. The molecule has 1 aliphatic heterocycles. The number of amides is 2. The van der Waals surface area contributed by atoms with Crippen LogP contribution in [-0.2, 0) is 22.4 Å². The molecule has 1 unspecified atom stereocenters. The highest BCUT2D eigenvalue weighted by atomic mass is 16.2. The van der Waals surface area contributed by atoms with E-state index in [1.807, 2.05) is 60.7 Å². The summed E-state index contributed by atoms with van der Waals surface area (Å²) in [6.45, 7) is 1.10. The summed E-state index contributed by atoms with van der Waals surface area (Å²) in [4.78, 5) is 37.1. The van der Waals surface area contributed by atoms with Crippen LogP contribution in [0.4, 0.5) is 5.95 Å². The fourth-order valence-electron chi connectivity index (χ4n) is 5.70. The standard InChI is InChI=1S/C29H34N6O2/c30-26(25(20-8-3-1-4-9-20)21-10-5-2-6-11-21)28(37)35-15-7-12-24(35)27(36)32-17-19-13-14-23-22(16-19)18-33-29(31)34-23/h1-6,8-11,18-19,24-26H,7,12-17,30H2,(H,32,36)(H2,31,33,34)/t19?,24-,26+/m0/s1. The van der Waals surface area contributed by atoms with Crippen molar-refractivity contribution in [3.8, 4) is 0 Å². The molecular weight excluding hydrogens is 464 g/mol. The predicted octanol–water partition coefficient (Wildman–Crippen LogP) is 2.43. The van der Waals surface area contributed by atoms with Gasteiger partial charge in [0.2, 0.25) is 17.8 Å². The lowest BCUT2D eigenvalue weighted by atomic mass is 9.84. The van der Waals surface area contributed by atoms with E-state index in [4.69, 9.17) is 11.5 Å². The average Bonchev–Trinajstić information content (AvgIpc) is 3.43. The molecule has 2 heterocycles. The van der Waals surface area contributed by atoms with Gasteiger partial charge in [0.25, 0.3) is 0 Å². The van der Waals surface area contributed by atoms with E-state index in [0.29, 0.717) is 31.4 Å². The Bertz CT molecular complexity index is 1200. The molecule has 192 valence electrons. The SMILES string of the molecule is Nc1ncc2c(n1)CCC(CNC(=O)[C@@H]1CCCN1C(=O)[C@H](N)C(c1ccccc1)c1ccccc1)C2. The number of nitrogen functional groups attached to an aromatic ring is 1. The molecule has 37 heavy (non-hydrogen) atoms. The van der Waals surface area contributed by atoms with E-state index < -0.39 is 12.1 Å². The number of anilines is 1. The van der Waals surface area contributed by atoms with Gasteiger partial charge in [-0.25, -0.2) is 9.97 Å². The Kier molecular flexibility index (Phi) is 7.46.